The van der Waals surface area contributed by atoms with Crippen molar-refractivity contribution in [2.24, 2.45) is 5.92 Å². The van der Waals surface area contributed by atoms with Crippen molar-refractivity contribution in [3.8, 4) is 0 Å². The van der Waals surface area contributed by atoms with Crippen molar-refractivity contribution in [3.63, 3.8) is 0 Å². The molecular weight excluding hydrogens is 393 g/mol. The van der Waals surface area contributed by atoms with Crippen LogP contribution in [0.5, 0.6) is 0 Å². The lowest BCUT2D eigenvalue weighted by molar-refractivity contribution is 0.589. The van der Waals surface area contributed by atoms with E-state index in [4.69, 9.17) is 34.8 Å². The van der Waals surface area contributed by atoms with Gasteiger partial charge in [-0.05, 0) is 50.2 Å². The average Bonchev–Trinajstić information content (AvgIpc) is 3.32. The highest BCUT2D eigenvalue weighted by Crippen LogP contribution is 2.45. The van der Waals surface area contributed by atoms with Crippen LogP contribution < -0.4 is 5.32 Å². The van der Waals surface area contributed by atoms with Crippen LogP contribution in [0.25, 0.3) is 5.65 Å². The molecule has 26 heavy (non-hydrogen) atoms. The number of fused-ring (bicyclic) bond motifs is 1. The summed E-state index contributed by atoms with van der Waals surface area (Å²) in [5.74, 6) is 2.40. The van der Waals surface area contributed by atoms with E-state index in [0.717, 1.165) is 18.0 Å². The van der Waals surface area contributed by atoms with Gasteiger partial charge in [-0.2, -0.15) is 14.6 Å². The van der Waals surface area contributed by atoms with E-state index in [1.54, 1.807) is 16.6 Å². The first-order valence-electron chi connectivity index (χ1n) is 8.61. The van der Waals surface area contributed by atoms with Crippen molar-refractivity contribution in [2.45, 2.75) is 39.0 Å². The summed E-state index contributed by atoms with van der Waals surface area (Å²) in [6.07, 6.45) is 5.54. The van der Waals surface area contributed by atoms with Crippen LogP contribution in [-0.2, 0) is 0 Å². The molecule has 1 N–H and O–H groups in total. The maximum absolute atomic E-state index is 6.30. The Balaban J connectivity index is 1.80. The monoisotopic (exact) mass is 409 g/mol. The van der Waals surface area contributed by atoms with Crippen LogP contribution in [0.4, 0.5) is 11.6 Å². The molecule has 1 aromatic carbocycles. The van der Waals surface area contributed by atoms with Gasteiger partial charge in [-0.3, -0.25) is 0 Å². The molecule has 0 amide bonds. The largest absolute Gasteiger partial charge is 0.321 e. The van der Waals surface area contributed by atoms with E-state index in [2.05, 4.69) is 27.3 Å². The molecule has 1 unspecified atom stereocenters. The molecule has 1 fully saturated rings. The molecular formula is C18H18Cl3N5. The lowest BCUT2D eigenvalue weighted by Gasteiger charge is -2.14. The van der Waals surface area contributed by atoms with E-state index in [1.165, 1.54) is 18.4 Å². The molecule has 2 aromatic heterocycles. The molecule has 0 bridgehead atoms. The highest BCUT2D eigenvalue weighted by molar-refractivity contribution is 6.41. The summed E-state index contributed by atoms with van der Waals surface area (Å²) in [6.45, 7) is 4.08. The summed E-state index contributed by atoms with van der Waals surface area (Å²) in [6, 6.07) is 3.27. The minimum absolute atomic E-state index is 0.420. The zero-order chi connectivity index (χ0) is 18.4. The molecule has 0 saturated heterocycles. The van der Waals surface area contributed by atoms with Gasteiger partial charge in [0.25, 0.3) is 0 Å². The fraction of sp³-hybridized carbons (Fsp3) is 0.389. The smallest absolute Gasteiger partial charge is 0.232 e. The highest BCUT2D eigenvalue weighted by Gasteiger charge is 2.33. The molecule has 2 heterocycles. The zero-order valence-electron chi connectivity index (χ0n) is 14.4. The molecule has 3 aromatic rings. The Morgan fingerprint density at radius 2 is 1.88 bits per heavy atom. The van der Waals surface area contributed by atoms with Crippen LogP contribution in [0.15, 0.2) is 18.3 Å². The van der Waals surface area contributed by atoms with Crippen LogP contribution in [0.2, 0.25) is 15.1 Å². The van der Waals surface area contributed by atoms with Gasteiger partial charge in [-0.25, -0.2) is 4.98 Å². The van der Waals surface area contributed by atoms with Gasteiger partial charge >= 0.3 is 0 Å². The zero-order valence-corrected chi connectivity index (χ0v) is 16.7. The molecule has 1 atom stereocenters. The molecule has 4 rings (SSSR count). The molecule has 5 nitrogen and oxygen atoms in total. The van der Waals surface area contributed by atoms with Crippen molar-refractivity contribution in [2.75, 3.05) is 5.32 Å². The third kappa shape index (κ3) is 3.24. The molecule has 136 valence electrons. The molecule has 0 radical (unpaired) electrons. The standard InChI is InChI=1S/C18H18Cl3N5/c1-3-12(10-4-5-10)13-8-22-26-17(13)23-9(2)24-18(26)25-16-14(20)6-11(19)7-15(16)21/h6-8,10,12H,3-5H2,1-2H3,(H,23,24,25). The Labute approximate surface area is 166 Å². The molecule has 1 saturated carbocycles. The molecule has 0 spiro atoms. The summed E-state index contributed by atoms with van der Waals surface area (Å²) in [4.78, 5) is 9.13. The van der Waals surface area contributed by atoms with Gasteiger partial charge in [0.2, 0.25) is 5.95 Å². The summed E-state index contributed by atoms with van der Waals surface area (Å²) in [5.41, 5.74) is 2.56. The number of anilines is 2. The van der Waals surface area contributed by atoms with E-state index >= 15 is 0 Å². The lowest BCUT2D eigenvalue weighted by atomic mass is 9.94. The third-order valence-corrected chi connectivity index (χ3v) is 5.60. The van der Waals surface area contributed by atoms with E-state index in [1.807, 2.05) is 13.1 Å². The van der Waals surface area contributed by atoms with Crippen molar-refractivity contribution in [1.29, 1.82) is 0 Å². The summed E-state index contributed by atoms with van der Waals surface area (Å²) < 4.78 is 1.72. The predicted molar refractivity (Wildman–Crippen MR) is 106 cm³/mol. The first-order valence-corrected chi connectivity index (χ1v) is 9.75. The average molecular weight is 411 g/mol. The third-order valence-electron chi connectivity index (χ3n) is 4.78. The van der Waals surface area contributed by atoms with Gasteiger partial charge in [0.15, 0.2) is 5.65 Å². The fourth-order valence-electron chi connectivity index (χ4n) is 3.42. The maximum atomic E-state index is 6.30. The second-order valence-corrected chi connectivity index (χ2v) is 7.90. The number of hydrogen-bond acceptors (Lipinski definition) is 4. The highest BCUT2D eigenvalue weighted by atomic mass is 35.5. The summed E-state index contributed by atoms with van der Waals surface area (Å²) in [7, 11) is 0. The van der Waals surface area contributed by atoms with Gasteiger partial charge in [-0.15, -0.1) is 0 Å². The number of rotatable bonds is 5. The van der Waals surface area contributed by atoms with Gasteiger partial charge in [-0.1, -0.05) is 41.7 Å². The van der Waals surface area contributed by atoms with Crippen molar-refractivity contribution in [3.05, 3.63) is 44.8 Å². The van der Waals surface area contributed by atoms with Crippen LogP contribution in [0.3, 0.4) is 0 Å². The predicted octanol–water partition coefficient (Wildman–Crippen LogP) is 6.04. The van der Waals surface area contributed by atoms with Crippen LogP contribution in [-0.4, -0.2) is 19.6 Å². The van der Waals surface area contributed by atoms with Crippen LogP contribution in [0.1, 0.15) is 43.5 Å². The SMILES string of the molecule is CCC(c1cnn2c(Nc3c(Cl)cc(Cl)cc3Cl)nc(C)nc12)C1CC1. The van der Waals surface area contributed by atoms with E-state index < -0.39 is 0 Å². The Morgan fingerprint density at radius 3 is 2.50 bits per heavy atom. The first-order chi connectivity index (χ1) is 12.5. The molecule has 1 aliphatic rings. The Hall–Kier alpha value is -1.56. The fourth-order valence-corrected chi connectivity index (χ4v) is 4.33. The van der Waals surface area contributed by atoms with Gasteiger partial charge < -0.3 is 5.32 Å². The van der Waals surface area contributed by atoms with E-state index in [9.17, 15) is 0 Å². The van der Waals surface area contributed by atoms with Gasteiger partial charge in [0.1, 0.15) is 5.82 Å². The Morgan fingerprint density at radius 1 is 1.19 bits per heavy atom. The number of halogens is 3. The molecule has 0 aliphatic heterocycles. The first kappa shape index (κ1) is 17.8. The second-order valence-electron chi connectivity index (χ2n) is 6.65. The van der Waals surface area contributed by atoms with E-state index in [0.29, 0.717) is 38.4 Å². The van der Waals surface area contributed by atoms with Gasteiger partial charge in [0, 0.05) is 10.6 Å². The normalized spacial score (nSPS) is 15.4. The van der Waals surface area contributed by atoms with Crippen molar-refractivity contribution in [1.82, 2.24) is 19.6 Å². The number of nitrogens with one attached hydrogen (secondary N) is 1. The Kier molecular flexibility index (Phi) is 4.71. The summed E-state index contributed by atoms with van der Waals surface area (Å²) >= 11 is 18.6. The number of aryl methyl sites for hydroxylation is 1. The van der Waals surface area contributed by atoms with Gasteiger partial charge in [0.05, 0.1) is 21.9 Å². The summed E-state index contributed by atoms with van der Waals surface area (Å²) in [5, 5.41) is 9.04. The minimum Gasteiger partial charge on any atom is -0.321 e. The molecule has 8 heteroatoms. The second kappa shape index (κ2) is 6.87. The maximum Gasteiger partial charge on any atom is 0.232 e. The topological polar surface area (TPSA) is 55.1 Å². The van der Waals surface area contributed by atoms with Crippen molar-refractivity contribution < 1.29 is 0 Å². The lowest BCUT2D eigenvalue weighted by Crippen LogP contribution is -2.08. The number of benzene rings is 1. The quantitative estimate of drug-likeness (QED) is 0.557. The van der Waals surface area contributed by atoms with Crippen LogP contribution >= 0.6 is 34.8 Å². The number of nitrogens with zero attached hydrogens (tertiary/aromatic N) is 4. The van der Waals surface area contributed by atoms with Crippen molar-refractivity contribution >= 4 is 52.1 Å². The Bertz CT molecular complexity index is 957. The number of hydrogen-bond donors (Lipinski definition) is 1. The molecule has 1 aliphatic carbocycles. The minimum atomic E-state index is 0.420. The van der Waals surface area contributed by atoms with Crippen LogP contribution in [0, 0.1) is 12.8 Å². The number of aromatic nitrogens is 4. The van der Waals surface area contributed by atoms with E-state index in [-0.39, 0.29) is 0 Å².